The third-order valence-electron chi connectivity index (χ3n) is 4.03. The fraction of sp³-hybridized carbons (Fsp3) is 0.111. The number of nitrogens with zero attached hydrogens (tertiary/aromatic N) is 1. The topological polar surface area (TPSA) is 66.0 Å². The van der Waals surface area contributed by atoms with E-state index in [9.17, 15) is 9.90 Å². The minimum Gasteiger partial charge on any atom is -0.478 e. The van der Waals surface area contributed by atoms with Gasteiger partial charge in [-0.25, -0.2) is 9.78 Å². The summed E-state index contributed by atoms with van der Waals surface area (Å²) in [6.45, 7) is 1.89. The van der Waals surface area contributed by atoms with Gasteiger partial charge in [0, 0.05) is 6.42 Å². The highest BCUT2D eigenvalue weighted by molar-refractivity contribution is 6.02. The molecule has 0 amide bonds. The first-order valence-corrected chi connectivity index (χ1v) is 7.14. The molecule has 0 saturated heterocycles. The lowest BCUT2D eigenvalue weighted by Crippen LogP contribution is -1.98. The van der Waals surface area contributed by atoms with E-state index in [1.807, 2.05) is 25.1 Å². The Labute approximate surface area is 127 Å². The van der Waals surface area contributed by atoms with E-state index in [0.717, 1.165) is 28.9 Å². The molecule has 0 aliphatic heterocycles. The van der Waals surface area contributed by atoms with Gasteiger partial charge in [-0.1, -0.05) is 24.3 Å². The van der Waals surface area contributed by atoms with Crippen LogP contribution >= 0.6 is 0 Å². The highest BCUT2D eigenvalue weighted by atomic mass is 16.4. The highest BCUT2D eigenvalue weighted by Crippen LogP contribution is 2.31. The van der Waals surface area contributed by atoms with E-state index in [4.69, 9.17) is 0 Å². The maximum atomic E-state index is 11.4. The number of aromatic carboxylic acids is 1. The summed E-state index contributed by atoms with van der Waals surface area (Å²) in [6, 6.07) is 11.8. The van der Waals surface area contributed by atoms with Crippen LogP contribution in [0.25, 0.3) is 22.7 Å². The van der Waals surface area contributed by atoms with E-state index in [1.54, 1.807) is 6.07 Å². The maximum Gasteiger partial charge on any atom is 0.337 e. The summed E-state index contributed by atoms with van der Waals surface area (Å²) >= 11 is 0. The van der Waals surface area contributed by atoms with Gasteiger partial charge in [0.05, 0.1) is 11.1 Å². The smallest absolute Gasteiger partial charge is 0.337 e. The van der Waals surface area contributed by atoms with Gasteiger partial charge in [-0.05, 0) is 47.4 Å². The van der Waals surface area contributed by atoms with Crippen LogP contribution in [0.15, 0.2) is 36.4 Å². The van der Waals surface area contributed by atoms with Gasteiger partial charge >= 0.3 is 5.97 Å². The molecule has 1 heterocycles. The number of benzene rings is 2. The normalized spacial score (nSPS) is 13.2. The molecule has 0 unspecified atom stereocenters. The molecule has 2 N–H and O–H groups in total. The number of carboxylic acid groups (broad SMARTS) is 1. The van der Waals surface area contributed by atoms with Gasteiger partial charge in [0.1, 0.15) is 11.3 Å². The molecular weight excluding hydrogens is 276 g/mol. The molecule has 0 saturated carbocycles. The number of hydrogen-bond donors (Lipinski definition) is 2. The zero-order valence-electron chi connectivity index (χ0n) is 12.1. The van der Waals surface area contributed by atoms with Crippen LogP contribution in [-0.4, -0.2) is 21.0 Å². The lowest BCUT2D eigenvalue weighted by Gasteiger charge is -1.97. The monoisotopic (exact) mass is 290 g/mol. The lowest BCUT2D eigenvalue weighted by atomic mass is 10.1. The second kappa shape index (κ2) is 4.56. The van der Waals surface area contributed by atoms with Crippen molar-refractivity contribution in [2.45, 2.75) is 13.3 Å². The number of aryl methyl sites for hydroxylation is 1. The molecule has 4 heteroatoms. The molecule has 22 heavy (non-hydrogen) atoms. The molecule has 0 atom stereocenters. The van der Waals surface area contributed by atoms with E-state index in [-0.39, 0.29) is 5.56 Å². The molecule has 0 radical (unpaired) electrons. The number of carbonyl (C=O) groups is 1. The number of carboxylic acids is 1. The fourth-order valence-electron chi connectivity index (χ4n) is 3.01. The van der Waals surface area contributed by atoms with Crippen LogP contribution in [0, 0.1) is 6.92 Å². The number of aromatic nitrogens is 2. The standard InChI is InChI=1S/C18H14N2O2/c1-10-6-14(18(21)22)16-15(7-10)19-17(20-16)13-8-11-4-2-3-5-12(11)9-13/h2-8H,9H2,1H3,(H,19,20)(H,21,22). The first kappa shape index (κ1) is 12.8. The zero-order valence-corrected chi connectivity index (χ0v) is 12.1. The number of hydrogen-bond acceptors (Lipinski definition) is 2. The van der Waals surface area contributed by atoms with Gasteiger partial charge in [0.25, 0.3) is 0 Å². The van der Waals surface area contributed by atoms with Gasteiger partial charge in [0.15, 0.2) is 0 Å². The van der Waals surface area contributed by atoms with Crippen molar-refractivity contribution in [2.75, 3.05) is 0 Å². The molecule has 2 aromatic carbocycles. The van der Waals surface area contributed by atoms with Crippen molar-refractivity contribution < 1.29 is 9.90 Å². The van der Waals surface area contributed by atoms with Crippen molar-refractivity contribution in [1.29, 1.82) is 0 Å². The second-order valence-corrected chi connectivity index (χ2v) is 5.64. The molecular formula is C18H14N2O2. The Hall–Kier alpha value is -2.88. The van der Waals surface area contributed by atoms with Gasteiger partial charge in [-0.3, -0.25) is 0 Å². The lowest BCUT2D eigenvalue weighted by molar-refractivity contribution is 0.0698. The van der Waals surface area contributed by atoms with Crippen LogP contribution in [0.5, 0.6) is 0 Å². The van der Waals surface area contributed by atoms with Gasteiger partial charge in [0.2, 0.25) is 0 Å². The first-order chi connectivity index (χ1) is 10.6. The highest BCUT2D eigenvalue weighted by Gasteiger charge is 2.19. The number of imidazole rings is 1. The summed E-state index contributed by atoms with van der Waals surface area (Å²) in [5.74, 6) is -0.199. The Morgan fingerprint density at radius 3 is 2.86 bits per heavy atom. The number of aromatic amines is 1. The van der Waals surface area contributed by atoms with Crippen molar-refractivity contribution in [3.05, 3.63) is 64.5 Å². The van der Waals surface area contributed by atoms with Crippen molar-refractivity contribution in [3.8, 4) is 0 Å². The number of nitrogens with one attached hydrogen (secondary N) is 1. The Morgan fingerprint density at radius 1 is 1.27 bits per heavy atom. The Balaban J connectivity index is 1.85. The molecule has 0 spiro atoms. The van der Waals surface area contributed by atoms with Crippen molar-refractivity contribution in [3.63, 3.8) is 0 Å². The third-order valence-corrected chi connectivity index (χ3v) is 4.03. The molecule has 108 valence electrons. The molecule has 4 nitrogen and oxygen atoms in total. The Bertz CT molecular complexity index is 951. The minimum absolute atomic E-state index is 0.244. The average molecular weight is 290 g/mol. The van der Waals surface area contributed by atoms with Crippen molar-refractivity contribution in [1.82, 2.24) is 9.97 Å². The Morgan fingerprint density at radius 2 is 2.09 bits per heavy atom. The summed E-state index contributed by atoms with van der Waals surface area (Å²) in [5, 5.41) is 9.36. The molecule has 0 bridgehead atoms. The Kier molecular flexibility index (Phi) is 2.66. The van der Waals surface area contributed by atoms with Crippen LogP contribution in [0.3, 0.4) is 0 Å². The molecule has 1 aromatic heterocycles. The van der Waals surface area contributed by atoms with Gasteiger partial charge in [-0.15, -0.1) is 0 Å². The van der Waals surface area contributed by atoms with Gasteiger partial charge < -0.3 is 10.1 Å². The summed E-state index contributed by atoms with van der Waals surface area (Å²) in [6.07, 6.45) is 2.93. The van der Waals surface area contributed by atoms with E-state index in [0.29, 0.717) is 5.52 Å². The van der Waals surface area contributed by atoms with E-state index < -0.39 is 5.97 Å². The maximum absolute atomic E-state index is 11.4. The van der Waals surface area contributed by atoms with Crippen LogP contribution in [-0.2, 0) is 6.42 Å². The summed E-state index contributed by atoms with van der Waals surface area (Å²) in [7, 11) is 0. The predicted molar refractivity (Wildman–Crippen MR) is 85.8 cm³/mol. The number of rotatable bonds is 2. The molecule has 1 aliphatic rings. The predicted octanol–water partition coefficient (Wildman–Crippen LogP) is 3.67. The number of fused-ring (bicyclic) bond motifs is 2. The number of allylic oxidation sites excluding steroid dienone is 1. The molecule has 3 aromatic rings. The second-order valence-electron chi connectivity index (χ2n) is 5.64. The largest absolute Gasteiger partial charge is 0.478 e. The van der Waals surface area contributed by atoms with Crippen LogP contribution in [0.1, 0.15) is 32.9 Å². The molecule has 0 fully saturated rings. The van der Waals surface area contributed by atoms with Crippen molar-refractivity contribution in [2.24, 2.45) is 0 Å². The van der Waals surface area contributed by atoms with Crippen LogP contribution in [0.4, 0.5) is 0 Å². The average Bonchev–Trinajstić information content (AvgIpc) is 3.09. The molecule has 1 aliphatic carbocycles. The summed E-state index contributed by atoms with van der Waals surface area (Å²) in [4.78, 5) is 19.2. The number of H-pyrrole nitrogens is 1. The fourth-order valence-corrected chi connectivity index (χ4v) is 3.01. The first-order valence-electron chi connectivity index (χ1n) is 7.14. The SMILES string of the molecule is Cc1cc(C(=O)O)c2nc(C3=Cc4ccccc4C3)[nH]c2c1. The third kappa shape index (κ3) is 1.92. The van der Waals surface area contributed by atoms with E-state index in [1.165, 1.54) is 11.1 Å². The minimum atomic E-state index is -0.949. The van der Waals surface area contributed by atoms with E-state index >= 15 is 0 Å². The zero-order chi connectivity index (χ0) is 15.3. The van der Waals surface area contributed by atoms with Crippen molar-refractivity contribution >= 4 is 28.7 Å². The van der Waals surface area contributed by atoms with Gasteiger partial charge in [-0.2, -0.15) is 0 Å². The van der Waals surface area contributed by atoms with Crippen LogP contribution in [0.2, 0.25) is 0 Å². The van der Waals surface area contributed by atoms with E-state index in [2.05, 4.69) is 28.2 Å². The molecule has 4 rings (SSSR count). The van der Waals surface area contributed by atoms with Crippen LogP contribution < -0.4 is 0 Å². The quantitative estimate of drug-likeness (QED) is 0.757. The summed E-state index contributed by atoms with van der Waals surface area (Å²) < 4.78 is 0. The summed E-state index contributed by atoms with van der Waals surface area (Å²) in [5.41, 5.74) is 6.00.